The molecule has 4 heteroatoms. The molecular formula is C15H22N2O2. The highest BCUT2D eigenvalue weighted by Gasteiger charge is 2.16. The highest BCUT2D eigenvalue weighted by atomic mass is 16.5. The number of nitrogens with zero attached hydrogens (tertiary/aromatic N) is 1. The second-order valence-electron chi connectivity index (χ2n) is 4.94. The van der Waals surface area contributed by atoms with Crippen LogP contribution in [0.15, 0.2) is 18.2 Å². The van der Waals surface area contributed by atoms with Gasteiger partial charge in [-0.15, -0.1) is 0 Å². The monoisotopic (exact) mass is 262 g/mol. The van der Waals surface area contributed by atoms with E-state index in [9.17, 15) is 4.79 Å². The number of morpholine rings is 1. The third-order valence-electron chi connectivity index (χ3n) is 3.49. The minimum Gasteiger partial charge on any atom is -0.384 e. The summed E-state index contributed by atoms with van der Waals surface area (Å²) in [6.07, 6.45) is 0.535. The van der Waals surface area contributed by atoms with Gasteiger partial charge in [0.05, 0.1) is 13.2 Å². The molecule has 1 aliphatic rings. The van der Waals surface area contributed by atoms with Gasteiger partial charge in [0.15, 0.2) is 0 Å². The maximum atomic E-state index is 12.0. The Hall–Kier alpha value is -1.55. The summed E-state index contributed by atoms with van der Waals surface area (Å²) in [5, 5.41) is 3.37. The SMILES string of the molecule is Cc1cccc(C)c1NCCC(=O)N1CCOCC1. The van der Waals surface area contributed by atoms with Crippen molar-refractivity contribution >= 4 is 11.6 Å². The molecule has 1 amide bonds. The van der Waals surface area contributed by atoms with Gasteiger partial charge in [0.25, 0.3) is 0 Å². The van der Waals surface area contributed by atoms with Crippen molar-refractivity contribution in [3.05, 3.63) is 29.3 Å². The summed E-state index contributed by atoms with van der Waals surface area (Å²) in [5.41, 5.74) is 3.59. The average molecular weight is 262 g/mol. The van der Waals surface area contributed by atoms with Crippen LogP contribution < -0.4 is 5.32 Å². The summed E-state index contributed by atoms with van der Waals surface area (Å²) >= 11 is 0. The zero-order chi connectivity index (χ0) is 13.7. The average Bonchev–Trinajstić information content (AvgIpc) is 2.43. The quantitative estimate of drug-likeness (QED) is 0.902. The Labute approximate surface area is 114 Å². The minimum absolute atomic E-state index is 0.210. The predicted molar refractivity (Wildman–Crippen MR) is 76.4 cm³/mol. The van der Waals surface area contributed by atoms with Crippen molar-refractivity contribution in [2.24, 2.45) is 0 Å². The fraction of sp³-hybridized carbons (Fsp3) is 0.533. The second-order valence-corrected chi connectivity index (χ2v) is 4.94. The number of carbonyl (C=O) groups excluding carboxylic acids is 1. The lowest BCUT2D eigenvalue weighted by Crippen LogP contribution is -2.41. The van der Waals surface area contributed by atoms with Gasteiger partial charge in [-0.3, -0.25) is 4.79 Å². The Morgan fingerprint density at radius 3 is 2.53 bits per heavy atom. The van der Waals surface area contributed by atoms with Crippen LogP contribution >= 0.6 is 0 Å². The molecule has 1 saturated heterocycles. The third-order valence-corrected chi connectivity index (χ3v) is 3.49. The van der Waals surface area contributed by atoms with E-state index in [-0.39, 0.29) is 5.91 Å². The number of ether oxygens (including phenoxy) is 1. The molecule has 0 radical (unpaired) electrons. The molecule has 0 atom stereocenters. The van der Waals surface area contributed by atoms with Gasteiger partial charge < -0.3 is 15.0 Å². The Morgan fingerprint density at radius 1 is 1.26 bits per heavy atom. The zero-order valence-corrected chi connectivity index (χ0v) is 11.7. The Morgan fingerprint density at radius 2 is 1.89 bits per heavy atom. The Balaban J connectivity index is 1.81. The van der Waals surface area contributed by atoms with Crippen LogP contribution in [-0.4, -0.2) is 43.7 Å². The van der Waals surface area contributed by atoms with Crippen LogP contribution in [0.4, 0.5) is 5.69 Å². The maximum absolute atomic E-state index is 12.0. The summed E-state index contributed by atoms with van der Waals surface area (Å²) < 4.78 is 5.25. The van der Waals surface area contributed by atoms with Gasteiger partial charge in [0.1, 0.15) is 0 Å². The first-order valence-electron chi connectivity index (χ1n) is 6.84. The molecule has 0 spiro atoms. The molecule has 104 valence electrons. The van der Waals surface area contributed by atoms with E-state index in [1.165, 1.54) is 11.1 Å². The fourth-order valence-corrected chi connectivity index (χ4v) is 2.36. The minimum atomic E-state index is 0.210. The number of aryl methyl sites for hydroxylation is 2. The maximum Gasteiger partial charge on any atom is 0.224 e. The Bertz CT molecular complexity index is 420. The molecule has 1 aromatic carbocycles. The highest BCUT2D eigenvalue weighted by molar-refractivity contribution is 5.77. The van der Waals surface area contributed by atoms with Gasteiger partial charge in [-0.1, -0.05) is 18.2 Å². The first-order valence-corrected chi connectivity index (χ1v) is 6.84. The number of hydrogen-bond acceptors (Lipinski definition) is 3. The van der Waals surface area contributed by atoms with Crippen molar-refractivity contribution < 1.29 is 9.53 Å². The first kappa shape index (κ1) is 13.9. The normalized spacial score (nSPS) is 15.4. The van der Waals surface area contributed by atoms with Gasteiger partial charge >= 0.3 is 0 Å². The van der Waals surface area contributed by atoms with E-state index < -0.39 is 0 Å². The summed E-state index contributed by atoms with van der Waals surface area (Å²) in [5.74, 6) is 0.210. The number of hydrogen-bond donors (Lipinski definition) is 1. The molecule has 1 heterocycles. The van der Waals surface area contributed by atoms with E-state index >= 15 is 0 Å². The molecule has 19 heavy (non-hydrogen) atoms. The number of rotatable bonds is 4. The van der Waals surface area contributed by atoms with Crippen LogP contribution in [0.2, 0.25) is 0 Å². The number of anilines is 1. The predicted octanol–water partition coefficient (Wildman–Crippen LogP) is 1.96. The van der Waals surface area contributed by atoms with Crippen molar-refractivity contribution in [2.75, 3.05) is 38.2 Å². The molecule has 1 aliphatic heterocycles. The summed E-state index contributed by atoms with van der Waals surface area (Å²) in [6.45, 7) is 7.62. The Kier molecular flexibility index (Phi) is 4.80. The lowest BCUT2D eigenvalue weighted by atomic mass is 10.1. The van der Waals surface area contributed by atoms with Crippen LogP contribution in [0.5, 0.6) is 0 Å². The standard InChI is InChI=1S/C15H22N2O2/c1-12-4-3-5-13(2)15(12)16-7-6-14(18)17-8-10-19-11-9-17/h3-5,16H,6-11H2,1-2H3. The molecule has 0 unspecified atom stereocenters. The molecule has 0 aliphatic carbocycles. The molecule has 1 fully saturated rings. The van der Waals surface area contributed by atoms with Gasteiger partial charge in [-0.05, 0) is 25.0 Å². The van der Waals surface area contributed by atoms with Crippen LogP contribution in [0.1, 0.15) is 17.5 Å². The van der Waals surface area contributed by atoms with Crippen LogP contribution in [0.3, 0.4) is 0 Å². The van der Waals surface area contributed by atoms with Crippen LogP contribution in [-0.2, 0) is 9.53 Å². The molecule has 1 N–H and O–H groups in total. The van der Waals surface area contributed by atoms with E-state index in [1.807, 2.05) is 4.90 Å². The highest BCUT2D eigenvalue weighted by Crippen LogP contribution is 2.19. The topological polar surface area (TPSA) is 41.6 Å². The van der Waals surface area contributed by atoms with E-state index in [0.717, 1.165) is 18.8 Å². The zero-order valence-electron chi connectivity index (χ0n) is 11.7. The van der Waals surface area contributed by atoms with Gasteiger partial charge in [-0.25, -0.2) is 0 Å². The van der Waals surface area contributed by atoms with E-state index in [4.69, 9.17) is 4.74 Å². The number of benzene rings is 1. The van der Waals surface area contributed by atoms with Crippen LogP contribution in [0.25, 0.3) is 0 Å². The molecule has 2 rings (SSSR count). The smallest absolute Gasteiger partial charge is 0.224 e. The molecule has 4 nitrogen and oxygen atoms in total. The van der Waals surface area contributed by atoms with Crippen molar-refractivity contribution in [1.29, 1.82) is 0 Å². The van der Waals surface area contributed by atoms with Crippen LogP contribution in [0, 0.1) is 13.8 Å². The van der Waals surface area contributed by atoms with Gasteiger partial charge in [0.2, 0.25) is 5.91 Å². The van der Waals surface area contributed by atoms with E-state index in [2.05, 4.69) is 37.4 Å². The third kappa shape index (κ3) is 3.70. The molecule has 1 aromatic rings. The lowest BCUT2D eigenvalue weighted by molar-refractivity contribution is -0.134. The molecule has 0 aromatic heterocycles. The molecule has 0 bridgehead atoms. The van der Waals surface area contributed by atoms with Crippen molar-refractivity contribution in [1.82, 2.24) is 4.90 Å². The number of carbonyl (C=O) groups is 1. The summed E-state index contributed by atoms with van der Waals surface area (Å²) in [7, 11) is 0. The molecule has 0 saturated carbocycles. The van der Waals surface area contributed by atoms with Gasteiger partial charge in [0, 0.05) is 31.7 Å². The number of para-hydroxylation sites is 1. The summed E-state index contributed by atoms with van der Waals surface area (Å²) in [4.78, 5) is 13.9. The van der Waals surface area contributed by atoms with Crippen molar-refractivity contribution in [2.45, 2.75) is 20.3 Å². The van der Waals surface area contributed by atoms with Crippen molar-refractivity contribution in [3.63, 3.8) is 0 Å². The number of nitrogens with one attached hydrogen (secondary N) is 1. The molecular weight excluding hydrogens is 240 g/mol. The van der Waals surface area contributed by atoms with E-state index in [1.54, 1.807) is 0 Å². The lowest BCUT2D eigenvalue weighted by Gasteiger charge is -2.27. The largest absolute Gasteiger partial charge is 0.384 e. The number of amides is 1. The summed E-state index contributed by atoms with van der Waals surface area (Å²) in [6, 6.07) is 6.22. The van der Waals surface area contributed by atoms with E-state index in [0.29, 0.717) is 26.2 Å². The fourth-order valence-electron chi connectivity index (χ4n) is 2.36. The van der Waals surface area contributed by atoms with Crippen molar-refractivity contribution in [3.8, 4) is 0 Å². The second kappa shape index (κ2) is 6.57. The van der Waals surface area contributed by atoms with Gasteiger partial charge in [-0.2, -0.15) is 0 Å². The first-order chi connectivity index (χ1) is 9.18.